The Kier molecular flexibility index (Phi) is 5.58. The van der Waals surface area contributed by atoms with Gasteiger partial charge in [-0.15, -0.1) is 11.3 Å². The van der Waals surface area contributed by atoms with Gasteiger partial charge in [0.25, 0.3) is 11.8 Å². The van der Waals surface area contributed by atoms with E-state index in [2.05, 4.69) is 20.8 Å². The van der Waals surface area contributed by atoms with Crippen LogP contribution in [0.25, 0.3) is 21.8 Å². The summed E-state index contributed by atoms with van der Waals surface area (Å²) in [6.45, 7) is 0. The molecule has 2 heterocycles. The monoisotopic (exact) mass is 418 g/mol. The molecule has 0 bridgehead atoms. The van der Waals surface area contributed by atoms with Gasteiger partial charge in [0.05, 0.1) is 10.4 Å². The van der Waals surface area contributed by atoms with Crippen LogP contribution in [-0.2, 0) is 0 Å². The van der Waals surface area contributed by atoms with Crippen LogP contribution in [0.15, 0.2) is 79.1 Å². The van der Waals surface area contributed by atoms with E-state index < -0.39 is 11.8 Å². The van der Waals surface area contributed by atoms with E-state index >= 15 is 0 Å². The minimum Gasteiger partial charge on any atom is -0.267 e. The first-order chi connectivity index (χ1) is 14.6. The third-order valence-electron chi connectivity index (χ3n) is 4.19. The molecule has 0 atom stereocenters. The van der Waals surface area contributed by atoms with Gasteiger partial charge in [0.2, 0.25) is 0 Å². The number of halogens is 1. The summed E-state index contributed by atoms with van der Waals surface area (Å²) in [7, 11) is 0. The number of nitrogens with zero attached hydrogens (tertiary/aromatic N) is 2. The molecule has 148 valence electrons. The summed E-state index contributed by atoms with van der Waals surface area (Å²) in [6, 6.07) is 18.8. The Morgan fingerprint density at radius 2 is 1.43 bits per heavy atom. The lowest BCUT2D eigenvalue weighted by Gasteiger charge is -2.06. The third-order valence-corrected chi connectivity index (χ3v) is 5.33. The van der Waals surface area contributed by atoms with Gasteiger partial charge in [-0.3, -0.25) is 20.4 Å². The van der Waals surface area contributed by atoms with E-state index in [1.165, 1.54) is 35.9 Å². The van der Waals surface area contributed by atoms with Crippen molar-refractivity contribution in [2.24, 2.45) is 0 Å². The zero-order valence-electron chi connectivity index (χ0n) is 15.5. The largest absolute Gasteiger partial charge is 0.279 e. The molecular formula is C22H15FN4O2S. The molecule has 0 fully saturated rings. The van der Waals surface area contributed by atoms with Crippen LogP contribution in [0.2, 0.25) is 0 Å². The van der Waals surface area contributed by atoms with Crippen molar-refractivity contribution in [3.8, 4) is 21.8 Å². The van der Waals surface area contributed by atoms with Crippen LogP contribution in [0, 0.1) is 5.82 Å². The number of nitrogens with one attached hydrogen (secondary N) is 2. The Labute approximate surface area is 175 Å². The maximum atomic E-state index is 13.1. The summed E-state index contributed by atoms with van der Waals surface area (Å²) in [5.74, 6) is -0.804. The SMILES string of the molecule is O=C(NNC(=O)c1ccc(-c2ccc(F)cc2)s1)c1cnc(-c2ccccc2)nc1. The van der Waals surface area contributed by atoms with Crippen molar-refractivity contribution in [2.75, 3.05) is 0 Å². The summed E-state index contributed by atoms with van der Waals surface area (Å²) in [4.78, 5) is 34.2. The van der Waals surface area contributed by atoms with Gasteiger partial charge in [0.15, 0.2) is 5.82 Å². The highest BCUT2D eigenvalue weighted by atomic mass is 32.1. The molecule has 0 aliphatic rings. The number of hydrogen-bond donors (Lipinski definition) is 2. The Balaban J connectivity index is 1.37. The Morgan fingerprint density at radius 3 is 2.13 bits per heavy atom. The molecule has 0 saturated heterocycles. The summed E-state index contributed by atoms with van der Waals surface area (Å²) < 4.78 is 13.1. The molecule has 2 N–H and O–H groups in total. The van der Waals surface area contributed by atoms with Crippen molar-refractivity contribution in [1.82, 2.24) is 20.8 Å². The Bertz CT molecular complexity index is 1180. The summed E-state index contributed by atoms with van der Waals surface area (Å²) in [5.41, 5.74) is 6.59. The number of hydrogen-bond acceptors (Lipinski definition) is 5. The van der Waals surface area contributed by atoms with E-state index in [0.29, 0.717) is 10.7 Å². The molecule has 0 saturated carbocycles. The number of amides is 2. The second kappa shape index (κ2) is 8.62. The van der Waals surface area contributed by atoms with E-state index in [1.54, 1.807) is 24.3 Å². The van der Waals surface area contributed by atoms with Gasteiger partial charge in [-0.25, -0.2) is 14.4 Å². The number of carbonyl (C=O) groups is 2. The van der Waals surface area contributed by atoms with Gasteiger partial charge >= 0.3 is 0 Å². The minimum absolute atomic E-state index is 0.216. The fourth-order valence-corrected chi connectivity index (χ4v) is 3.56. The van der Waals surface area contributed by atoms with E-state index in [0.717, 1.165) is 16.0 Å². The number of aromatic nitrogens is 2. The van der Waals surface area contributed by atoms with Crippen molar-refractivity contribution in [2.45, 2.75) is 0 Å². The molecule has 0 unspecified atom stereocenters. The second-order valence-corrected chi connectivity index (χ2v) is 7.32. The third kappa shape index (κ3) is 4.39. The van der Waals surface area contributed by atoms with Crippen LogP contribution >= 0.6 is 11.3 Å². The van der Waals surface area contributed by atoms with Crippen molar-refractivity contribution < 1.29 is 14.0 Å². The van der Waals surface area contributed by atoms with Crippen LogP contribution in [0.1, 0.15) is 20.0 Å². The predicted octanol–water partition coefficient (Wildman–Crippen LogP) is 4.09. The van der Waals surface area contributed by atoms with Gasteiger partial charge in [-0.2, -0.15) is 0 Å². The first-order valence-corrected chi connectivity index (χ1v) is 9.76. The van der Waals surface area contributed by atoms with Crippen molar-refractivity contribution >= 4 is 23.2 Å². The molecule has 6 nitrogen and oxygen atoms in total. The molecule has 0 radical (unpaired) electrons. The molecule has 30 heavy (non-hydrogen) atoms. The van der Waals surface area contributed by atoms with Crippen LogP contribution in [0.3, 0.4) is 0 Å². The van der Waals surface area contributed by atoms with E-state index in [9.17, 15) is 14.0 Å². The molecule has 4 rings (SSSR count). The van der Waals surface area contributed by atoms with Crippen LogP contribution < -0.4 is 10.9 Å². The Hall–Kier alpha value is -3.91. The lowest BCUT2D eigenvalue weighted by Crippen LogP contribution is -2.41. The van der Waals surface area contributed by atoms with Gasteiger partial charge < -0.3 is 0 Å². The van der Waals surface area contributed by atoms with E-state index in [4.69, 9.17) is 0 Å². The number of thiophene rings is 1. The second-order valence-electron chi connectivity index (χ2n) is 6.24. The standard InChI is InChI=1S/C22H15FN4O2S/c23-17-8-6-14(7-9-17)18-10-11-19(30-18)22(29)27-26-21(28)16-12-24-20(25-13-16)15-4-2-1-3-5-15/h1-13H,(H,26,28)(H,27,29). The highest BCUT2D eigenvalue weighted by molar-refractivity contribution is 7.17. The quantitative estimate of drug-likeness (QED) is 0.489. The van der Waals surface area contributed by atoms with Crippen LogP contribution in [-0.4, -0.2) is 21.8 Å². The van der Waals surface area contributed by atoms with Gasteiger partial charge in [0, 0.05) is 22.8 Å². The molecule has 0 aliphatic heterocycles. The number of rotatable bonds is 4. The highest BCUT2D eigenvalue weighted by Gasteiger charge is 2.13. The average Bonchev–Trinajstić information content (AvgIpc) is 3.29. The lowest BCUT2D eigenvalue weighted by molar-refractivity contribution is 0.0848. The highest BCUT2D eigenvalue weighted by Crippen LogP contribution is 2.28. The normalized spacial score (nSPS) is 10.4. The smallest absolute Gasteiger partial charge is 0.267 e. The minimum atomic E-state index is -0.529. The number of benzene rings is 2. The molecule has 8 heteroatoms. The van der Waals surface area contributed by atoms with E-state index in [-0.39, 0.29) is 11.4 Å². The zero-order chi connectivity index (χ0) is 20.9. The molecule has 0 spiro atoms. The molecule has 0 aliphatic carbocycles. The summed E-state index contributed by atoms with van der Waals surface area (Å²) >= 11 is 1.24. The van der Waals surface area contributed by atoms with Crippen molar-refractivity contribution in [3.05, 3.63) is 95.4 Å². The van der Waals surface area contributed by atoms with Gasteiger partial charge in [-0.05, 0) is 29.8 Å². The van der Waals surface area contributed by atoms with E-state index in [1.807, 2.05) is 30.3 Å². The van der Waals surface area contributed by atoms with Crippen LogP contribution in [0.4, 0.5) is 4.39 Å². The molecule has 2 aromatic heterocycles. The first-order valence-electron chi connectivity index (χ1n) is 8.94. The number of hydrazine groups is 1. The zero-order valence-corrected chi connectivity index (χ0v) is 16.3. The number of carbonyl (C=O) groups excluding carboxylic acids is 2. The first kappa shape index (κ1) is 19.4. The maximum absolute atomic E-state index is 13.1. The summed E-state index contributed by atoms with van der Waals surface area (Å²) in [5, 5.41) is 0. The molecule has 4 aromatic rings. The Morgan fingerprint density at radius 1 is 0.767 bits per heavy atom. The fraction of sp³-hybridized carbons (Fsp3) is 0. The topological polar surface area (TPSA) is 84.0 Å². The van der Waals surface area contributed by atoms with Crippen molar-refractivity contribution in [3.63, 3.8) is 0 Å². The van der Waals surface area contributed by atoms with Crippen molar-refractivity contribution in [1.29, 1.82) is 0 Å². The molecule has 2 aromatic carbocycles. The predicted molar refractivity (Wildman–Crippen MR) is 112 cm³/mol. The lowest BCUT2D eigenvalue weighted by atomic mass is 10.2. The van der Waals surface area contributed by atoms with Gasteiger partial charge in [0.1, 0.15) is 5.82 Å². The fourth-order valence-electron chi connectivity index (χ4n) is 2.66. The maximum Gasteiger partial charge on any atom is 0.279 e. The average molecular weight is 418 g/mol. The molecule has 2 amide bonds. The molecular weight excluding hydrogens is 403 g/mol. The summed E-state index contributed by atoms with van der Waals surface area (Å²) in [6.07, 6.45) is 2.79. The van der Waals surface area contributed by atoms with Crippen LogP contribution in [0.5, 0.6) is 0 Å². The van der Waals surface area contributed by atoms with Gasteiger partial charge in [-0.1, -0.05) is 42.5 Å².